The molecule has 1 atom stereocenters. The zero-order valence-electron chi connectivity index (χ0n) is 7.16. The van der Waals surface area contributed by atoms with Gasteiger partial charge in [0.05, 0.1) is 6.10 Å². The lowest BCUT2D eigenvalue weighted by atomic mass is 10.1. The third kappa shape index (κ3) is 2.09. The van der Waals surface area contributed by atoms with Crippen LogP contribution < -0.4 is 0 Å². The van der Waals surface area contributed by atoms with Crippen molar-refractivity contribution < 1.29 is 19.7 Å². The summed E-state index contributed by atoms with van der Waals surface area (Å²) in [5.41, 5.74) is 0.185. The number of halogens is 1. The molecule has 4 heteroatoms. The molecule has 0 saturated carbocycles. The van der Waals surface area contributed by atoms with Gasteiger partial charge in [-0.3, -0.25) is 0 Å². The molecule has 0 aromatic heterocycles. The molecule has 0 aliphatic carbocycles. The van der Waals surface area contributed by atoms with Crippen LogP contribution in [0.1, 0.15) is 12.5 Å². The van der Waals surface area contributed by atoms with Crippen LogP contribution in [0.15, 0.2) is 12.1 Å². The van der Waals surface area contributed by atoms with E-state index in [-0.39, 0.29) is 12.0 Å². The van der Waals surface area contributed by atoms with Gasteiger partial charge in [-0.1, -0.05) is 6.07 Å². The van der Waals surface area contributed by atoms with Crippen LogP contribution in [0, 0.1) is 5.82 Å². The monoisotopic (exact) mass is 186 g/mol. The van der Waals surface area contributed by atoms with Gasteiger partial charge in [0.25, 0.3) is 0 Å². The molecule has 0 bridgehead atoms. The summed E-state index contributed by atoms with van der Waals surface area (Å²) in [5, 5.41) is 26.9. The second-order valence-corrected chi connectivity index (χ2v) is 2.96. The van der Waals surface area contributed by atoms with Crippen molar-refractivity contribution in [3.8, 4) is 11.5 Å². The highest BCUT2D eigenvalue weighted by atomic mass is 19.1. The van der Waals surface area contributed by atoms with E-state index in [1.165, 1.54) is 19.1 Å². The predicted molar refractivity (Wildman–Crippen MR) is 45.1 cm³/mol. The maximum absolute atomic E-state index is 13.1. The zero-order valence-corrected chi connectivity index (χ0v) is 7.16. The topological polar surface area (TPSA) is 60.7 Å². The van der Waals surface area contributed by atoms with Gasteiger partial charge in [0, 0.05) is 6.42 Å². The summed E-state index contributed by atoms with van der Waals surface area (Å²) < 4.78 is 13.1. The van der Waals surface area contributed by atoms with Crippen LogP contribution in [0.3, 0.4) is 0 Å². The molecule has 72 valence electrons. The fraction of sp³-hybridized carbons (Fsp3) is 0.333. The number of hydrogen-bond acceptors (Lipinski definition) is 3. The average molecular weight is 186 g/mol. The van der Waals surface area contributed by atoms with Crippen LogP contribution in [-0.2, 0) is 6.42 Å². The van der Waals surface area contributed by atoms with E-state index in [0.29, 0.717) is 0 Å². The van der Waals surface area contributed by atoms with Gasteiger partial charge in [0.2, 0.25) is 0 Å². The third-order valence-corrected chi connectivity index (χ3v) is 1.69. The minimum Gasteiger partial charge on any atom is -0.504 e. The number of phenolic OH excluding ortho intramolecular Hbond substituents is 2. The lowest BCUT2D eigenvalue weighted by Gasteiger charge is -2.07. The molecule has 1 aromatic carbocycles. The zero-order chi connectivity index (χ0) is 10.0. The van der Waals surface area contributed by atoms with E-state index in [2.05, 4.69) is 0 Å². The summed E-state index contributed by atoms with van der Waals surface area (Å²) in [7, 11) is 0. The number of hydrogen-bond donors (Lipinski definition) is 3. The number of phenols is 2. The molecular weight excluding hydrogens is 175 g/mol. The Kier molecular flexibility index (Phi) is 2.72. The third-order valence-electron chi connectivity index (χ3n) is 1.69. The highest BCUT2D eigenvalue weighted by molar-refractivity contribution is 5.42. The summed E-state index contributed by atoms with van der Waals surface area (Å²) in [6, 6.07) is 2.52. The second-order valence-electron chi connectivity index (χ2n) is 2.96. The number of rotatable bonds is 2. The SMILES string of the molecule is CC(O)Cc1ccc(O)c(O)c1F. The van der Waals surface area contributed by atoms with Crippen LogP contribution in [0.25, 0.3) is 0 Å². The number of aromatic hydroxyl groups is 2. The second kappa shape index (κ2) is 3.62. The maximum atomic E-state index is 13.1. The normalized spacial score (nSPS) is 12.8. The summed E-state index contributed by atoms with van der Waals surface area (Å²) in [6.07, 6.45) is -0.571. The van der Waals surface area contributed by atoms with Gasteiger partial charge in [0.15, 0.2) is 17.3 Å². The number of benzene rings is 1. The van der Waals surface area contributed by atoms with Crippen LogP contribution >= 0.6 is 0 Å². The van der Waals surface area contributed by atoms with Crippen molar-refractivity contribution in [1.82, 2.24) is 0 Å². The van der Waals surface area contributed by atoms with E-state index in [9.17, 15) is 4.39 Å². The predicted octanol–water partition coefficient (Wildman–Crippen LogP) is 1.16. The lowest BCUT2D eigenvalue weighted by Crippen LogP contribution is -2.05. The van der Waals surface area contributed by atoms with Gasteiger partial charge in [-0.05, 0) is 18.6 Å². The first-order chi connectivity index (χ1) is 6.02. The Morgan fingerprint density at radius 1 is 1.38 bits per heavy atom. The van der Waals surface area contributed by atoms with Crippen molar-refractivity contribution in [3.63, 3.8) is 0 Å². The molecular formula is C9H11FO3. The Bertz CT molecular complexity index is 310. The first-order valence-electron chi connectivity index (χ1n) is 3.89. The Balaban J connectivity index is 3.04. The van der Waals surface area contributed by atoms with Crippen molar-refractivity contribution in [2.24, 2.45) is 0 Å². The molecule has 0 spiro atoms. The Morgan fingerprint density at radius 3 is 2.54 bits per heavy atom. The fourth-order valence-electron chi connectivity index (χ4n) is 1.07. The molecule has 13 heavy (non-hydrogen) atoms. The first kappa shape index (κ1) is 9.80. The van der Waals surface area contributed by atoms with Gasteiger partial charge in [-0.2, -0.15) is 0 Å². The summed E-state index contributed by atoms with van der Waals surface area (Å²) in [5.74, 6) is -2.13. The quantitative estimate of drug-likeness (QED) is 0.607. The molecule has 0 saturated heterocycles. The highest BCUT2D eigenvalue weighted by Crippen LogP contribution is 2.30. The molecule has 1 aromatic rings. The van der Waals surface area contributed by atoms with Crippen LogP contribution in [0.4, 0.5) is 4.39 Å². The minimum atomic E-state index is -0.874. The van der Waals surface area contributed by atoms with E-state index in [0.717, 1.165) is 0 Å². The number of aliphatic hydroxyl groups is 1. The van der Waals surface area contributed by atoms with E-state index in [4.69, 9.17) is 15.3 Å². The number of aliphatic hydroxyl groups excluding tert-OH is 1. The van der Waals surface area contributed by atoms with E-state index >= 15 is 0 Å². The van der Waals surface area contributed by atoms with Crippen molar-refractivity contribution >= 4 is 0 Å². The van der Waals surface area contributed by atoms with Gasteiger partial charge in [0.1, 0.15) is 0 Å². The lowest BCUT2D eigenvalue weighted by molar-refractivity contribution is 0.193. The van der Waals surface area contributed by atoms with Crippen LogP contribution in [-0.4, -0.2) is 21.4 Å². The Morgan fingerprint density at radius 2 is 2.00 bits per heavy atom. The van der Waals surface area contributed by atoms with Crippen LogP contribution in [0.2, 0.25) is 0 Å². The van der Waals surface area contributed by atoms with E-state index in [1.807, 2.05) is 0 Å². The molecule has 0 radical (unpaired) electrons. The van der Waals surface area contributed by atoms with Gasteiger partial charge < -0.3 is 15.3 Å². The maximum Gasteiger partial charge on any atom is 0.194 e. The van der Waals surface area contributed by atoms with E-state index in [1.54, 1.807) is 0 Å². The summed E-state index contributed by atoms with van der Waals surface area (Å²) in [4.78, 5) is 0. The molecule has 0 fully saturated rings. The van der Waals surface area contributed by atoms with Crippen molar-refractivity contribution in [2.45, 2.75) is 19.4 Å². The average Bonchev–Trinajstić information content (AvgIpc) is 2.06. The highest BCUT2D eigenvalue weighted by Gasteiger charge is 2.12. The van der Waals surface area contributed by atoms with Crippen molar-refractivity contribution in [3.05, 3.63) is 23.5 Å². The molecule has 0 amide bonds. The minimum absolute atomic E-state index is 0.111. The van der Waals surface area contributed by atoms with Crippen molar-refractivity contribution in [2.75, 3.05) is 0 Å². The molecule has 0 heterocycles. The molecule has 3 nitrogen and oxygen atoms in total. The molecule has 1 rings (SSSR count). The van der Waals surface area contributed by atoms with Crippen LogP contribution in [0.5, 0.6) is 11.5 Å². The Labute approximate surface area is 75.1 Å². The molecule has 3 N–H and O–H groups in total. The molecule has 0 aliphatic heterocycles. The van der Waals surface area contributed by atoms with Crippen molar-refractivity contribution in [1.29, 1.82) is 0 Å². The van der Waals surface area contributed by atoms with E-state index < -0.39 is 23.4 Å². The van der Waals surface area contributed by atoms with Gasteiger partial charge >= 0.3 is 0 Å². The molecule has 1 unspecified atom stereocenters. The van der Waals surface area contributed by atoms with Gasteiger partial charge in [-0.25, -0.2) is 4.39 Å². The van der Waals surface area contributed by atoms with Gasteiger partial charge in [-0.15, -0.1) is 0 Å². The Hall–Kier alpha value is -1.29. The standard InChI is InChI=1S/C9H11FO3/c1-5(11)4-6-2-3-7(12)9(13)8(6)10/h2-3,5,11-13H,4H2,1H3. The smallest absolute Gasteiger partial charge is 0.194 e. The largest absolute Gasteiger partial charge is 0.504 e. The molecule has 0 aliphatic rings. The first-order valence-corrected chi connectivity index (χ1v) is 3.89. The fourth-order valence-corrected chi connectivity index (χ4v) is 1.07. The summed E-state index contributed by atoms with van der Waals surface area (Å²) in [6.45, 7) is 1.52. The summed E-state index contributed by atoms with van der Waals surface area (Å²) >= 11 is 0.